The van der Waals surface area contributed by atoms with Gasteiger partial charge in [0.25, 0.3) is 0 Å². The number of methoxy groups -OCH3 is 1. The predicted octanol–water partition coefficient (Wildman–Crippen LogP) is 2.88. The van der Waals surface area contributed by atoms with Gasteiger partial charge < -0.3 is 4.74 Å². The number of rotatable bonds is 4. The molecule has 9 heteroatoms. The number of aryl methyl sites for hydroxylation is 1. The monoisotopic (exact) mass is 412 g/mol. The minimum Gasteiger partial charge on any atom is -0.372 e. The molecule has 7 nitrogen and oxygen atoms in total. The summed E-state index contributed by atoms with van der Waals surface area (Å²) in [6.07, 6.45) is 7.52. The molecule has 0 amide bonds. The van der Waals surface area contributed by atoms with E-state index in [0.717, 1.165) is 47.9 Å². The Morgan fingerprint density at radius 3 is 2.72 bits per heavy atom. The lowest BCUT2D eigenvalue weighted by Gasteiger charge is -2.44. The maximum Gasteiger partial charge on any atom is 0.153 e. The highest BCUT2D eigenvalue weighted by molar-refractivity contribution is 7.97. The van der Waals surface area contributed by atoms with Gasteiger partial charge in [0.15, 0.2) is 5.03 Å². The number of ether oxygens (including phenoxy) is 1. The molecule has 1 saturated heterocycles. The summed E-state index contributed by atoms with van der Waals surface area (Å²) in [6, 6.07) is 6.42. The minimum atomic E-state index is -0.378. The molecule has 0 saturated carbocycles. The van der Waals surface area contributed by atoms with Gasteiger partial charge in [-0.25, -0.2) is 13.4 Å². The predicted molar refractivity (Wildman–Crippen MR) is 108 cm³/mol. The molecule has 1 aromatic carbocycles. The van der Waals surface area contributed by atoms with Crippen LogP contribution in [0.1, 0.15) is 17.7 Å². The third-order valence-electron chi connectivity index (χ3n) is 5.58. The second-order valence-electron chi connectivity index (χ2n) is 7.37. The van der Waals surface area contributed by atoms with Gasteiger partial charge in [-0.3, -0.25) is 0 Å². The molecule has 1 atom stereocenters. The highest BCUT2D eigenvalue weighted by Crippen LogP contribution is 2.42. The number of aromatic nitrogens is 5. The van der Waals surface area contributed by atoms with Crippen LogP contribution in [0.2, 0.25) is 0 Å². The Balaban J connectivity index is 1.44. The van der Waals surface area contributed by atoms with E-state index in [2.05, 4.69) is 25.7 Å². The van der Waals surface area contributed by atoms with Crippen molar-refractivity contribution in [1.82, 2.24) is 29.1 Å². The average Bonchev–Trinajstić information content (AvgIpc) is 3.32. The van der Waals surface area contributed by atoms with Gasteiger partial charge in [0.1, 0.15) is 11.4 Å². The highest BCUT2D eigenvalue weighted by Gasteiger charge is 2.43. The Labute approximate surface area is 172 Å². The van der Waals surface area contributed by atoms with E-state index >= 15 is 0 Å². The molecule has 150 valence electrons. The first-order valence-corrected chi connectivity index (χ1v) is 10.2. The molecular weight excluding hydrogens is 391 g/mol. The lowest BCUT2D eigenvalue weighted by molar-refractivity contribution is -0.00485. The fourth-order valence-electron chi connectivity index (χ4n) is 4.10. The molecule has 1 fully saturated rings. The van der Waals surface area contributed by atoms with Crippen molar-refractivity contribution in [2.45, 2.75) is 23.5 Å². The zero-order chi connectivity index (χ0) is 20.0. The van der Waals surface area contributed by atoms with E-state index in [1.807, 2.05) is 17.9 Å². The zero-order valence-corrected chi connectivity index (χ0v) is 17.1. The summed E-state index contributed by atoms with van der Waals surface area (Å²) in [5, 5.41) is 14.0. The molecule has 0 spiro atoms. The van der Waals surface area contributed by atoms with E-state index in [9.17, 15) is 4.39 Å². The second-order valence-corrected chi connectivity index (χ2v) is 8.48. The van der Waals surface area contributed by atoms with Crippen LogP contribution in [0.25, 0.3) is 11.8 Å². The Bertz CT molecular complexity index is 1080. The molecule has 5 rings (SSSR count). The number of halogens is 1. The van der Waals surface area contributed by atoms with Crippen molar-refractivity contribution in [2.24, 2.45) is 7.05 Å². The number of nitrogens with zero attached hydrogens (tertiary/aromatic N) is 6. The van der Waals surface area contributed by atoms with Crippen LogP contribution >= 0.6 is 11.9 Å². The van der Waals surface area contributed by atoms with Crippen LogP contribution in [0, 0.1) is 5.82 Å². The van der Waals surface area contributed by atoms with Gasteiger partial charge in [-0.2, -0.15) is 15.0 Å². The van der Waals surface area contributed by atoms with Crippen LogP contribution in [0.4, 0.5) is 4.39 Å². The maximum atomic E-state index is 13.3. The molecular formula is C20H21FN6OS. The summed E-state index contributed by atoms with van der Waals surface area (Å²) >= 11 is 1.62. The van der Waals surface area contributed by atoms with Crippen molar-refractivity contribution in [3.8, 4) is 5.69 Å². The Morgan fingerprint density at radius 1 is 1.17 bits per heavy atom. The number of fused-ring (bicyclic) bond motifs is 2. The van der Waals surface area contributed by atoms with Gasteiger partial charge >= 0.3 is 0 Å². The molecule has 2 aliphatic rings. The first-order chi connectivity index (χ1) is 14.1. The maximum absolute atomic E-state index is 13.3. The number of piperidine rings is 1. The summed E-state index contributed by atoms with van der Waals surface area (Å²) in [5.41, 5.74) is 3.93. The molecule has 29 heavy (non-hydrogen) atoms. The van der Waals surface area contributed by atoms with Crippen molar-refractivity contribution < 1.29 is 9.13 Å². The summed E-state index contributed by atoms with van der Waals surface area (Å²) in [5.74, 6) is -0.250. The van der Waals surface area contributed by atoms with Crippen LogP contribution in [-0.2, 0) is 18.2 Å². The van der Waals surface area contributed by atoms with E-state index in [-0.39, 0.29) is 11.4 Å². The van der Waals surface area contributed by atoms with Gasteiger partial charge in [-0.05, 0) is 54.3 Å². The number of hydrogen-bond donors (Lipinski definition) is 0. The van der Waals surface area contributed by atoms with Gasteiger partial charge in [0, 0.05) is 39.2 Å². The van der Waals surface area contributed by atoms with Crippen molar-refractivity contribution in [3.63, 3.8) is 0 Å². The third kappa shape index (κ3) is 3.29. The smallest absolute Gasteiger partial charge is 0.153 e. The van der Waals surface area contributed by atoms with Crippen LogP contribution in [-0.4, -0.2) is 54.9 Å². The fraction of sp³-hybridized carbons (Fsp3) is 0.350. The largest absolute Gasteiger partial charge is 0.372 e. The average molecular weight is 412 g/mol. The van der Waals surface area contributed by atoms with Crippen molar-refractivity contribution in [3.05, 3.63) is 59.3 Å². The lowest BCUT2D eigenvalue weighted by atomic mass is 9.78. The molecule has 0 N–H and O–H groups in total. The Hall–Kier alpha value is -2.49. The van der Waals surface area contributed by atoms with Crippen molar-refractivity contribution in [2.75, 3.05) is 20.2 Å². The lowest BCUT2D eigenvalue weighted by Crippen LogP contribution is -2.51. The first-order valence-electron chi connectivity index (χ1n) is 9.45. The van der Waals surface area contributed by atoms with E-state index in [1.54, 1.807) is 42.2 Å². The molecule has 0 bridgehead atoms. The zero-order valence-electron chi connectivity index (χ0n) is 16.2. The fourth-order valence-corrected chi connectivity index (χ4v) is 5.07. The van der Waals surface area contributed by atoms with Crippen LogP contribution in [0.15, 0.2) is 47.3 Å². The molecule has 0 radical (unpaired) electrons. The molecule has 1 aliphatic carbocycles. The molecule has 1 aliphatic heterocycles. The van der Waals surface area contributed by atoms with E-state index in [4.69, 9.17) is 4.74 Å². The van der Waals surface area contributed by atoms with Gasteiger partial charge in [-0.1, -0.05) is 0 Å². The van der Waals surface area contributed by atoms with E-state index in [1.165, 1.54) is 17.7 Å². The van der Waals surface area contributed by atoms with E-state index in [0.29, 0.717) is 0 Å². The Morgan fingerprint density at radius 2 is 2.00 bits per heavy atom. The molecule has 1 unspecified atom stereocenters. The van der Waals surface area contributed by atoms with Crippen LogP contribution in [0.5, 0.6) is 0 Å². The number of benzene rings is 1. The number of hydrogen-bond acceptors (Lipinski definition) is 6. The SMILES string of the molecule is COC12Cc3cnn(-c4ccc(F)cc4)c3C=C1CCN(Sc1cnn(C)n1)C2. The highest BCUT2D eigenvalue weighted by atomic mass is 32.2. The first kappa shape index (κ1) is 18.5. The summed E-state index contributed by atoms with van der Waals surface area (Å²) < 4.78 is 23.6. The van der Waals surface area contributed by atoms with Crippen molar-refractivity contribution >= 4 is 18.0 Å². The Kier molecular flexibility index (Phi) is 4.53. The topological polar surface area (TPSA) is 61.0 Å². The standard InChI is InChI=1S/C20H21FN6OS/c1-25-22-12-19(24-25)29-26-8-7-15-9-18-14(10-20(15,13-26)28-2)11-23-27(18)17-5-3-16(21)4-6-17/h3-6,9,11-12H,7-8,10,13H2,1-2H3. The second kappa shape index (κ2) is 7.08. The van der Waals surface area contributed by atoms with Crippen LogP contribution in [0.3, 0.4) is 0 Å². The summed E-state index contributed by atoms with van der Waals surface area (Å²) in [7, 11) is 3.60. The molecule has 2 aromatic heterocycles. The van der Waals surface area contributed by atoms with E-state index < -0.39 is 0 Å². The molecule has 3 aromatic rings. The normalized spacial score (nSPS) is 21.6. The van der Waals surface area contributed by atoms with Crippen LogP contribution < -0.4 is 0 Å². The minimum absolute atomic E-state index is 0.250. The summed E-state index contributed by atoms with van der Waals surface area (Å²) in [4.78, 5) is 1.57. The van der Waals surface area contributed by atoms with Gasteiger partial charge in [0.2, 0.25) is 0 Å². The van der Waals surface area contributed by atoms with Gasteiger partial charge in [-0.15, -0.1) is 5.10 Å². The van der Waals surface area contributed by atoms with Crippen molar-refractivity contribution in [1.29, 1.82) is 0 Å². The summed E-state index contributed by atoms with van der Waals surface area (Å²) in [6.45, 7) is 1.66. The van der Waals surface area contributed by atoms with Gasteiger partial charge in [0.05, 0.1) is 23.8 Å². The molecule has 3 heterocycles. The third-order valence-corrected chi connectivity index (χ3v) is 6.53. The quantitative estimate of drug-likeness (QED) is 0.614.